The van der Waals surface area contributed by atoms with Crippen molar-refractivity contribution in [2.24, 2.45) is 0 Å². The fourth-order valence-electron chi connectivity index (χ4n) is 4.14. The smallest absolute Gasteiger partial charge is 0.790 e. The maximum atomic E-state index is 13.6. The van der Waals surface area contributed by atoms with E-state index in [-0.39, 0.29) is 77.3 Å². The van der Waals surface area contributed by atoms with Crippen LogP contribution in [0.15, 0.2) is 66.7 Å². The van der Waals surface area contributed by atoms with Crippen molar-refractivity contribution in [3.63, 3.8) is 0 Å². The van der Waals surface area contributed by atoms with Gasteiger partial charge in [-0.3, -0.25) is 9.59 Å². The van der Waals surface area contributed by atoms with Crippen molar-refractivity contribution >= 4 is 42.6 Å². The third-order valence-electron chi connectivity index (χ3n) is 5.73. The van der Waals surface area contributed by atoms with E-state index in [0.29, 0.717) is 51.6 Å². The topological polar surface area (TPSA) is 122 Å². The molecule has 3 aromatic carbocycles. The predicted octanol–water partition coefficient (Wildman–Crippen LogP) is -1.76. The van der Waals surface area contributed by atoms with Crippen LogP contribution in [0.25, 0.3) is 0 Å². The van der Waals surface area contributed by atoms with Crippen molar-refractivity contribution in [2.75, 3.05) is 16.8 Å². The van der Waals surface area contributed by atoms with Crippen molar-refractivity contribution in [1.29, 1.82) is 0 Å². The van der Waals surface area contributed by atoms with E-state index >= 15 is 0 Å². The first-order valence-corrected chi connectivity index (χ1v) is 12.7. The Morgan fingerprint density at radius 3 is 2.41 bits per heavy atom. The van der Waals surface area contributed by atoms with Crippen molar-refractivity contribution in [2.45, 2.75) is 25.9 Å². The normalized spacial score (nSPS) is 14.9. The number of nitrogens with one attached hydrogen (secondary N) is 1. The number of phosphoric acid groups is 1. The van der Waals surface area contributed by atoms with E-state index < -0.39 is 13.9 Å². The summed E-state index contributed by atoms with van der Waals surface area (Å²) in [5.74, 6) is -0.567. The van der Waals surface area contributed by atoms with Crippen LogP contribution in [0, 0.1) is 6.92 Å². The minimum absolute atomic E-state index is 0. The summed E-state index contributed by atoms with van der Waals surface area (Å²) in [6, 6.07) is 18.5. The van der Waals surface area contributed by atoms with Crippen molar-refractivity contribution in [1.82, 2.24) is 0 Å². The van der Waals surface area contributed by atoms with Crippen molar-refractivity contribution in [3.05, 3.63) is 94.0 Å². The molecule has 1 heterocycles. The molecule has 0 saturated heterocycles. The van der Waals surface area contributed by atoms with Gasteiger partial charge >= 0.3 is 59.1 Å². The number of anilines is 2. The molecule has 37 heavy (non-hydrogen) atoms. The van der Waals surface area contributed by atoms with Crippen LogP contribution in [0.3, 0.4) is 0 Å². The molecule has 1 N–H and O–H groups in total. The van der Waals surface area contributed by atoms with Gasteiger partial charge in [0.2, 0.25) is 0 Å². The molecule has 4 rings (SSSR count). The van der Waals surface area contributed by atoms with E-state index in [1.54, 1.807) is 61.5 Å². The summed E-state index contributed by atoms with van der Waals surface area (Å²) in [6.45, 7) is 2.06. The number of phosphoric ester groups is 1. The summed E-state index contributed by atoms with van der Waals surface area (Å²) in [6.07, 6.45) is -0.388. The Hall–Kier alpha value is -1.000. The van der Waals surface area contributed by atoms with E-state index in [1.165, 1.54) is 11.0 Å². The van der Waals surface area contributed by atoms with Gasteiger partial charge < -0.3 is 29.1 Å². The van der Waals surface area contributed by atoms with Gasteiger partial charge in [0, 0.05) is 39.6 Å². The van der Waals surface area contributed by atoms with E-state index in [0.717, 1.165) is 0 Å². The summed E-state index contributed by atoms with van der Waals surface area (Å²) < 4.78 is 16.1. The van der Waals surface area contributed by atoms with Crippen LogP contribution in [0.4, 0.5) is 11.4 Å². The van der Waals surface area contributed by atoms with Crippen LogP contribution in [0.2, 0.25) is 5.02 Å². The van der Waals surface area contributed by atoms with Gasteiger partial charge in [0.05, 0.1) is 13.9 Å². The molecular weight excluding hydrogens is 537 g/mol. The molecule has 1 unspecified atom stereocenters. The molecule has 0 radical (unpaired) electrons. The van der Waals surface area contributed by atoms with Gasteiger partial charge in [-0.1, -0.05) is 29.8 Å². The monoisotopic (exact) mass is 558 g/mol. The Kier molecular flexibility index (Phi) is 12.1. The van der Waals surface area contributed by atoms with Crippen molar-refractivity contribution in [3.8, 4) is 0 Å². The van der Waals surface area contributed by atoms with Gasteiger partial charge in [-0.2, -0.15) is 0 Å². The van der Waals surface area contributed by atoms with Gasteiger partial charge in [0.25, 0.3) is 11.8 Å². The standard InChI is InChI=1S/C25H24ClN2O6P.2Na/c1-16-14-19(27-24(29)17-6-3-2-4-7-17)10-11-20(16)25(30)28-13-5-8-23(34-35(31,32)33)21-15-18(26)9-12-22(21)28;;/h2-4,6-7,9-12,14-15,23H,5,8,13H2,1H3,(H,27,29)(H2,31,32,33);;/q;2*+1/p-2. The van der Waals surface area contributed by atoms with Crippen LogP contribution in [0.5, 0.6) is 0 Å². The van der Waals surface area contributed by atoms with Crippen LogP contribution in [-0.4, -0.2) is 18.4 Å². The van der Waals surface area contributed by atoms with Gasteiger partial charge in [-0.05, 0) is 73.9 Å². The molecule has 0 aromatic heterocycles. The van der Waals surface area contributed by atoms with Gasteiger partial charge in [0.1, 0.15) is 0 Å². The second kappa shape index (κ2) is 13.9. The molecule has 12 heteroatoms. The minimum atomic E-state index is -5.25. The third kappa shape index (κ3) is 8.24. The molecule has 0 spiro atoms. The average molecular weight is 559 g/mol. The maximum absolute atomic E-state index is 13.6. The number of aryl methyl sites for hydroxylation is 1. The number of hydrogen-bond acceptors (Lipinski definition) is 6. The zero-order chi connectivity index (χ0) is 25.2. The summed E-state index contributed by atoms with van der Waals surface area (Å²) in [5, 5.41) is 3.15. The van der Waals surface area contributed by atoms with Gasteiger partial charge in [0.15, 0.2) is 0 Å². The van der Waals surface area contributed by atoms with Crippen LogP contribution in [-0.2, 0) is 9.09 Å². The molecular formula is C25H22ClN2Na2O6P. The molecule has 0 saturated carbocycles. The van der Waals surface area contributed by atoms with E-state index in [9.17, 15) is 23.9 Å². The summed E-state index contributed by atoms with van der Waals surface area (Å²) in [7, 11) is -5.25. The average Bonchev–Trinajstić information content (AvgIpc) is 2.97. The number of carbonyl (C=O) groups is 2. The van der Waals surface area contributed by atoms with Gasteiger partial charge in [-0.25, -0.2) is 0 Å². The molecule has 1 aliphatic heterocycles. The number of amides is 2. The number of rotatable bonds is 5. The van der Waals surface area contributed by atoms with E-state index in [1.807, 2.05) is 6.07 Å². The first-order chi connectivity index (χ1) is 16.6. The van der Waals surface area contributed by atoms with E-state index in [2.05, 4.69) is 5.32 Å². The second-order valence-corrected chi connectivity index (χ2v) is 9.73. The number of halogens is 1. The Balaban J connectivity index is 0.00000241. The fraction of sp³-hybridized carbons (Fsp3) is 0.200. The van der Waals surface area contributed by atoms with Crippen LogP contribution in [0.1, 0.15) is 50.8 Å². The fourth-order valence-corrected chi connectivity index (χ4v) is 4.85. The predicted molar refractivity (Wildman–Crippen MR) is 129 cm³/mol. The largest absolute Gasteiger partial charge is 1.00 e. The number of carbonyl (C=O) groups excluding carboxylic acids is 2. The maximum Gasteiger partial charge on any atom is 1.00 e. The molecule has 1 atom stereocenters. The Bertz CT molecular complexity index is 1320. The molecule has 2 amide bonds. The minimum Gasteiger partial charge on any atom is -0.790 e. The number of benzene rings is 3. The zero-order valence-electron chi connectivity index (χ0n) is 20.8. The molecule has 8 nitrogen and oxygen atoms in total. The molecule has 3 aromatic rings. The number of hydrogen-bond donors (Lipinski definition) is 1. The van der Waals surface area contributed by atoms with Crippen molar-refractivity contribution < 1.29 is 87.6 Å². The molecule has 1 aliphatic rings. The molecule has 0 aliphatic carbocycles. The first-order valence-electron chi connectivity index (χ1n) is 10.9. The zero-order valence-corrected chi connectivity index (χ0v) is 26.4. The Labute approximate surface area is 264 Å². The molecule has 0 fully saturated rings. The Morgan fingerprint density at radius 2 is 1.76 bits per heavy atom. The number of nitrogens with zero attached hydrogens (tertiary/aromatic N) is 1. The van der Waals surface area contributed by atoms with Gasteiger partial charge in [-0.15, -0.1) is 0 Å². The summed E-state index contributed by atoms with van der Waals surface area (Å²) >= 11 is 6.12. The third-order valence-corrected chi connectivity index (χ3v) is 6.48. The first kappa shape index (κ1) is 32.2. The quantitative estimate of drug-likeness (QED) is 0.292. The summed E-state index contributed by atoms with van der Waals surface area (Å²) in [4.78, 5) is 50.1. The Morgan fingerprint density at radius 1 is 1.05 bits per heavy atom. The summed E-state index contributed by atoms with van der Waals surface area (Å²) in [5.41, 5.74) is 2.92. The van der Waals surface area contributed by atoms with E-state index in [4.69, 9.17) is 16.1 Å². The SMILES string of the molecule is Cc1cc(NC(=O)c2ccccc2)ccc1C(=O)N1CCCC(OP(=O)([O-])[O-])c2cc(Cl)ccc21.[Na+].[Na+]. The van der Waals surface area contributed by atoms with Crippen LogP contribution < -0.4 is 79.1 Å². The molecule has 0 bridgehead atoms. The second-order valence-electron chi connectivity index (χ2n) is 8.19. The van der Waals surface area contributed by atoms with Crippen LogP contribution >= 0.6 is 19.4 Å². The molecule has 182 valence electrons. The number of fused-ring (bicyclic) bond motifs is 1.